The van der Waals surface area contributed by atoms with Crippen molar-refractivity contribution >= 4 is 27.7 Å². The number of para-hydroxylation sites is 2. The highest BCUT2D eigenvalue weighted by atomic mass is 16.6. The summed E-state index contributed by atoms with van der Waals surface area (Å²) >= 11 is 0. The minimum absolute atomic E-state index is 0.188. The van der Waals surface area contributed by atoms with Gasteiger partial charge in [-0.2, -0.15) is 4.98 Å². The molecule has 4 rings (SSSR count). The second kappa shape index (κ2) is 4.49. The first-order chi connectivity index (χ1) is 10.3. The number of anilines is 1. The Morgan fingerprint density at radius 2 is 1.90 bits per heavy atom. The second-order valence-electron chi connectivity index (χ2n) is 4.60. The molecule has 0 atom stereocenters. The van der Waals surface area contributed by atoms with Crippen LogP contribution in [-0.4, -0.2) is 9.97 Å². The lowest BCUT2D eigenvalue weighted by atomic mass is 10.2. The summed E-state index contributed by atoms with van der Waals surface area (Å²) in [4.78, 5) is 8.61. The van der Waals surface area contributed by atoms with Crippen LogP contribution in [-0.2, 0) is 0 Å². The Bertz CT molecular complexity index is 913. The fraction of sp³-hybridized carbons (Fsp3) is 0. The molecule has 21 heavy (non-hydrogen) atoms. The number of fused-ring (bicyclic) bond motifs is 2. The highest BCUT2D eigenvalue weighted by molar-refractivity contribution is 5.94. The van der Waals surface area contributed by atoms with Crippen LogP contribution >= 0.6 is 0 Å². The predicted molar refractivity (Wildman–Crippen MR) is 80.2 cm³/mol. The van der Waals surface area contributed by atoms with Crippen molar-refractivity contribution in [1.29, 1.82) is 0 Å². The number of ether oxygens (including phenoxy) is 1. The number of oxazole rings is 1. The Labute approximate surface area is 120 Å². The normalized spacial score (nSPS) is 11.0. The van der Waals surface area contributed by atoms with Gasteiger partial charge >= 0.3 is 6.08 Å². The van der Waals surface area contributed by atoms with Gasteiger partial charge in [0.25, 0.3) is 0 Å². The molecule has 102 valence electrons. The Morgan fingerprint density at radius 3 is 2.81 bits per heavy atom. The summed E-state index contributed by atoms with van der Waals surface area (Å²) in [5, 5.41) is 0.839. The van der Waals surface area contributed by atoms with Crippen molar-refractivity contribution in [3.05, 3.63) is 54.7 Å². The monoisotopic (exact) mass is 277 g/mol. The highest BCUT2D eigenvalue weighted by Crippen LogP contribution is 2.32. The summed E-state index contributed by atoms with van der Waals surface area (Å²) in [6.07, 6.45) is 1.88. The lowest BCUT2D eigenvalue weighted by molar-refractivity contribution is 0.345. The summed E-state index contributed by atoms with van der Waals surface area (Å²) in [7, 11) is 0. The van der Waals surface area contributed by atoms with E-state index >= 15 is 0 Å². The molecule has 0 aliphatic rings. The summed E-state index contributed by atoms with van der Waals surface area (Å²) < 4.78 is 11.3. The standard InChI is InChI=1S/C16H11N3O2/c17-11-7-8-14(15-10(11)4-3-9-18-15)21-16-19-12-5-1-2-6-13(12)20-16/h1-9H,17H2. The zero-order valence-corrected chi connectivity index (χ0v) is 11.0. The first kappa shape index (κ1) is 11.7. The zero-order chi connectivity index (χ0) is 14.2. The van der Waals surface area contributed by atoms with Crippen LogP contribution in [0.3, 0.4) is 0 Å². The Hall–Kier alpha value is -3.08. The van der Waals surface area contributed by atoms with E-state index in [2.05, 4.69) is 9.97 Å². The molecule has 2 aromatic carbocycles. The number of aromatic nitrogens is 2. The number of benzene rings is 2. The van der Waals surface area contributed by atoms with E-state index in [1.165, 1.54) is 0 Å². The fourth-order valence-electron chi connectivity index (χ4n) is 2.24. The maximum atomic E-state index is 5.95. The van der Waals surface area contributed by atoms with Crippen molar-refractivity contribution in [1.82, 2.24) is 9.97 Å². The van der Waals surface area contributed by atoms with E-state index in [1.807, 2.05) is 36.4 Å². The number of hydrogen-bond acceptors (Lipinski definition) is 5. The highest BCUT2D eigenvalue weighted by Gasteiger charge is 2.11. The molecule has 2 N–H and O–H groups in total. The Balaban J connectivity index is 1.82. The molecule has 0 radical (unpaired) electrons. The fourth-order valence-corrected chi connectivity index (χ4v) is 2.24. The van der Waals surface area contributed by atoms with E-state index in [0.717, 1.165) is 10.9 Å². The van der Waals surface area contributed by atoms with Gasteiger partial charge in [-0.25, -0.2) is 0 Å². The summed E-state index contributed by atoms with van der Waals surface area (Å²) in [5.41, 5.74) is 8.71. The average molecular weight is 277 g/mol. The molecule has 2 heterocycles. The molecule has 0 spiro atoms. The average Bonchev–Trinajstić information content (AvgIpc) is 2.93. The maximum absolute atomic E-state index is 5.95. The van der Waals surface area contributed by atoms with Gasteiger partial charge in [0.1, 0.15) is 11.0 Å². The molecule has 0 amide bonds. The van der Waals surface area contributed by atoms with Gasteiger partial charge in [-0.05, 0) is 36.4 Å². The van der Waals surface area contributed by atoms with Crippen LogP contribution in [0.15, 0.2) is 59.1 Å². The third-order valence-electron chi connectivity index (χ3n) is 3.24. The molecule has 2 aromatic heterocycles. The van der Waals surface area contributed by atoms with Crippen LogP contribution < -0.4 is 10.5 Å². The van der Waals surface area contributed by atoms with E-state index in [0.29, 0.717) is 22.5 Å². The molecule has 0 saturated carbocycles. The van der Waals surface area contributed by atoms with Crippen LogP contribution in [0.25, 0.3) is 22.0 Å². The second-order valence-corrected chi connectivity index (χ2v) is 4.60. The van der Waals surface area contributed by atoms with Crippen molar-refractivity contribution in [3.8, 4) is 11.8 Å². The van der Waals surface area contributed by atoms with Gasteiger partial charge in [-0.1, -0.05) is 12.1 Å². The number of pyridine rings is 1. The van der Waals surface area contributed by atoms with Crippen LogP contribution in [0.1, 0.15) is 0 Å². The van der Waals surface area contributed by atoms with Crippen molar-refractivity contribution in [3.63, 3.8) is 0 Å². The Kier molecular flexibility index (Phi) is 2.50. The van der Waals surface area contributed by atoms with Gasteiger partial charge in [0.15, 0.2) is 11.3 Å². The molecular formula is C16H11N3O2. The summed E-state index contributed by atoms with van der Waals surface area (Å²) in [6.45, 7) is 0. The van der Waals surface area contributed by atoms with Crippen molar-refractivity contribution in [2.24, 2.45) is 0 Å². The molecule has 0 saturated heterocycles. The third-order valence-corrected chi connectivity index (χ3v) is 3.24. The zero-order valence-electron chi connectivity index (χ0n) is 11.0. The first-order valence-corrected chi connectivity index (χ1v) is 6.48. The van der Waals surface area contributed by atoms with E-state index in [-0.39, 0.29) is 6.08 Å². The van der Waals surface area contributed by atoms with Crippen LogP contribution in [0, 0.1) is 0 Å². The van der Waals surface area contributed by atoms with Crippen LogP contribution in [0.5, 0.6) is 11.8 Å². The minimum Gasteiger partial charge on any atom is -0.409 e. The molecular weight excluding hydrogens is 266 g/mol. The first-order valence-electron chi connectivity index (χ1n) is 6.48. The molecule has 0 aliphatic carbocycles. The van der Waals surface area contributed by atoms with E-state index < -0.39 is 0 Å². The molecule has 5 heteroatoms. The van der Waals surface area contributed by atoms with Crippen LogP contribution in [0.4, 0.5) is 5.69 Å². The van der Waals surface area contributed by atoms with Crippen LogP contribution in [0.2, 0.25) is 0 Å². The predicted octanol–water partition coefficient (Wildman–Crippen LogP) is 3.75. The van der Waals surface area contributed by atoms with Crippen molar-refractivity contribution in [2.45, 2.75) is 0 Å². The van der Waals surface area contributed by atoms with E-state index in [9.17, 15) is 0 Å². The molecule has 0 bridgehead atoms. The van der Waals surface area contributed by atoms with Gasteiger partial charge < -0.3 is 14.9 Å². The topological polar surface area (TPSA) is 74.2 Å². The third kappa shape index (κ3) is 1.95. The number of nitrogens with zero attached hydrogens (tertiary/aromatic N) is 2. The number of nitrogens with two attached hydrogens (primary N) is 1. The van der Waals surface area contributed by atoms with Gasteiger partial charge in [0, 0.05) is 17.3 Å². The van der Waals surface area contributed by atoms with Gasteiger partial charge in [-0.15, -0.1) is 0 Å². The number of rotatable bonds is 2. The molecule has 4 aromatic rings. The molecule has 0 unspecified atom stereocenters. The van der Waals surface area contributed by atoms with Gasteiger partial charge in [0.2, 0.25) is 0 Å². The summed E-state index contributed by atoms with van der Waals surface area (Å²) in [6, 6.07) is 14.8. The lowest BCUT2D eigenvalue weighted by Gasteiger charge is -2.06. The largest absolute Gasteiger partial charge is 0.409 e. The van der Waals surface area contributed by atoms with E-state index in [4.69, 9.17) is 14.9 Å². The minimum atomic E-state index is 0.188. The quantitative estimate of drug-likeness (QED) is 0.565. The van der Waals surface area contributed by atoms with Crippen molar-refractivity contribution < 1.29 is 9.15 Å². The SMILES string of the molecule is Nc1ccc(Oc2nc3ccccc3o2)c2ncccc12. The maximum Gasteiger partial charge on any atom is 0.400 e. The Morgan fingerprint density at radius 1 is 1.00 bits per heavy atom. The summed E-state index contributed by atoms with van der Waals surface area (Å²) in [5.74, 6) is 0.561. The number of nitrogen functional groups attached to an aromatic ring is 1. The van der Waals surface area contributed by atoms with E-state index in [1.54, 1.807) is 18.3 Å². The molecule has 0 aliphatic heterocycles. The molecule has 0 fully saturated rings. The molecule has 5 nitrogen and oxygen atoms in total. The van der Waals surface area contributed by atoms with Gasteiger partial charge in [0.05, 0.1) is 0 Å². The van der Waals surface area contributed by atoms with Gasteiger partial charge in [-0.3, -0.25) is 4.98 Å². The number of hydrogen-bond donors (Lipinski definition) is 1. The lowest BCUT2D eigenvalue weighted by Crippen LogP contribution is -1.92. The smallest absolute Gasteiger partial charge is 0.400 e. The van der Waals surface area contributed by atoms with Crippen molar-refractivity contribution in [2.75, 3.05) is 5.73 Å².